The normalized spacial score (nSPS) is 19.8. The Bertz CT molecular complexity index is 1670. The molecule has 4 heterocycles. The number of nitrogens with two attached hydrogens (primary N) is 1. The summed E-state index contributed by atoms with van der Waals surface area (Å²) in [6, 6.07) is 23.7. The minimum atomic E-state index is -0.787. The molecule has 3 atom stereocenters. The molecular formula is C32H29N7O3S2. The lowest BCUT2D eigenvalue weighted by Crippen LogP contribution is -2.69. The highest BCUT2D eigenvalue weighted by atomic mass is 32.2. The Hall–Kier alpha value is -4.81. The van der Waals surface area contributed by atoms with Crippen molar-refractivity contribution in [2.24, 2.45) is 5.16 Å². The molecule has 1 saturated heterocycles. The van der Waals surface area contributed by atoms with Crippen LogP contribution in [-0.4, -0.2) is 60.0 Å². The van der Waals surface area contributed by atoms with Gasteiger partial charge < -0.3 is 20.8 Å². The van der Waals surface area contributed by atoms with Crippen LogP contribution >= 0.6 is 23.3 Å². The zero-order valence-electron chi connectivity index (χ0n) is 23.7. The van der Waals surface area contributed by atoms with Gasteiger partial charge in [0.15, 0.2) is 5.13 Å². The van der Waals surface area contributed by atoms with Crippen molar-refractivity contribution in [1.29, 1.82) is 0 Å². The van der Waals surface area contributed by atoms with Gasteiger partial charge in [-0.05, 0) is 35.3 Å². The van der Waals surface area contributed by atoms with Crippen molar-refractivity contribution in [3.8, 4) is 0 Å². The number of pyridine rings is 1. The highest BCUT2D eigenvalue weighted by molar-refractivity contribution is 8.01. The van der Waals surface area contributed by atoms with E-state index >= 15 is 0 Å². The zero-order valence-corrected chi connectivity index (χ0v) is 25.3. The number of benzene rings is 2. The third-order valence-corrected chi connectivity index (χ3v) is 9.35. The Labute approximate surface area is 262 Å². The maximum Gasteiger partial charge on any atom is 0.278 e. The molecule has 2 aromatic heterocycles. The van der Waals surface area contributed by atoms with Gasteiger partial charge in [-0.15, -0.1) is 11.8 Å². The first-order valence-corrected chi connectivity index (χ1v) is 15.7. The van der Waals surface area contributed by atoms with Gasteiger partial charge in [-0.3, -0.25) is 14.6 Å². The summed E-state index contributed by atoms with van der Waals surface area (Å²) in [7, 11) is 0. The topological polar surface area (TPSA) is 136 Å². The lowest BCUT2D eigenvalue weighted by molar-refractivity contribution is -0.143. The first-order valence-electron chi connectivity index (χ1n) is 14.0. The van der Waals surface area contributed by atoms with E-state index in [-0.39, 0.29) is 45.7 Å². The number of aromatic nitrogens is 3. The van der Waals surface area contributed by atoms with Gasteiger partial charge in [0.25, 0.3) is 11.8 Å². The number of hydrogen-bond donors (Lipinski definition) is 2. The van der Waals surface area contributed by atoms with Crippen molar-refractivity contribution in [3.63, 3.8) is 0 Å². The maximum absolute atomic E-state index is 13.4. The molecule has 222 valence electrons. The van der Waals surface area contributed by atoms with Crippen molar-refractivity contribution >= 4 is 52.0 Å². The van der Waals surface area contributed by atoms with Crippen molar-refractivity contribution in [3.05, 3.63) is 126 Å². The molecule has 1 fully saturated rings. The number of amides is 2. The molecule has 2 aliphatic heterocycles. The second-order valence-electron chi connectivity index (χ2n) is 10.0. The van der Waals surface area contributed by atoms with E-state index in [2.05, 4.69) is 49.1 Å². The zero-order chi connectivity index (χ0) is 30.5. The highest BCUT2D eigenvalue weighted by Crippen LogP contribution is 2.48. The fourth-order valence-electron chi connectivity index (χ4n) is 5.16. The average molecular weight is 624 g/mol. The number of β-lactam (4-membered cyclic amide) rings is 1. The van der Waals surface area contributed by atoms with Crippen LogP contribution in [0, 0.1) is 0 Å². The number of hydrogen-bond acceptors (Lipinski definition) is 10. The van der Waals surface area contributed by atoms with E-state index in [0.717, 1.165) is 33.8 Å². The number of fused-ring (bicyclic) bond motifs is 1. The second kappa shape index (κ2) is 13.2. The third kappa shape index (κ3) is 6.12. The summed E-state index contributed by atoms with van der Waals surface area (Å²) in [5.74, 6) is -0.815. The van der Waals surface area contributed by atoms with E-state index in [9.17, 15) is 9.59 Å². The SMILES string of the molecule is CCON=C(C(=O)NC1C(=O)N2C=C(C=Cc3cccnc3)C(C(c3ccccc3)c3ccccc3)S[C@H]12)c1nsc(N)n1. The molecule has 3 N–H and O–H groups in total. The van der Waals surface area contributed by atoms with Crippen LogP contribution in [0.5, 0.6) is 0 Å². The molecule has 10 nitrogen and oxygen atoms in total. The van der Waals surface area contributed by atoms with E-state index in [1.165, 1.54) is 0 Å². The number of nitrogens with one attached hydrogen (secondary N) is 1. The summed E-state index contributed by atoms with van der Waals surface area (Å²) in [4.78, 5) is 42.0. The van der Waals surface area contributed by atoms with Gasteiger partial charge in [0.1, 0.15) is 18.0 Å². The first kappa shape index (κ1) is 29.3. The van der Waals surface area contributed by atoms with Crippen LogP contribution < -0.4 is 11.1 Å². The minimum Gasteiger partial charge on any atom is -0.395 e. The van der Waals surface area contributed by atoms with Gasteiger partial charge in [0.2, 0.25) is 11.5 Å². The van der Waals surface area contributed by atoms with Gasteiger partial charge in [0.05, 0.1) is 0 Å². The summed E-state index contributed by atoms with van der Waals surface area (Å²) < 4.78 is 4.11. The molecule has 4 aromatic rings. The van der Waals surface area contributed by atoms with Crippen molar-refractivity contribution in [2.75, 3.05) is 12.3 Å². The number of allylic oxidation sites excluding steroid dienone is 1. The van der Waals surface area contributed by atoms with Gasteiger partial charge in [-0.25, -0.2) is 0 Å². The summed E-state index contributed by atoms with van der Waals surface area (Å²) in [6.45, 7) is 1.99. The maximum atomic E-state index is 13.4. The average Bonchev–Trinajstić information content (AvgIpc) is 3.50. The van der Waals surface area contributed by atoms with Gasteiger partial charge in [-0.2, -0.15) is 9.36 Å². The van der Waals surface area contributed by atoms with E-state index in [0.29, 0.717) is 0 Å². The first-order chi connectivity index (χ1) is 21.5. The standard InChI is InChI=1S/C32H29N7O3S2/c1-2-42-37-25(28-36-32(33)44-38-28)29(40)35-26-30(41)39-19-23(16-15-20-10-9-17-34-18-20)27(43-31(26)39)24(21-11-5-3-6-12-21)22-13-7-4-8-14-22/h3-19,24,26-27,31H,2H2,1H3,(H,35,40)(H2,33,36,38)/t26?,27?,31-/m1/s1. The molecule has 0 saturated carbocycles. The molecule has 2 aliphatic rings. The van der Waals surface area contributed by atoms with Gasteiger partial charge in [0, 0.05) is 41.3 Å². The van der Waals surface area contributed by atoms with E-state index < -0.39 is 11.9 Å². The van der Waals surface area contributed by atoms with Crippen LogP contribution in [-0.2, 0) is 14.4 Å². The number of anilines is 1. The lowest BCUT2D eigenvalue weighted by atomic mass is 9.85. The lowest BCUT2D eigenvalue weighted by Gasteiger charge is -2.50. The third-order valence-electron chi connectivity index (χ3n) is 7.20. The largest absolute Gasteiger partial charge is 0.395 e. The molecule has 44 heavy (non-hydrogen) atoms. The van der Waals surface area contributed by atoms with E-state index in [1.807, 2.05) is 66.9 Å². The highest BCUT2D eigenvalue weighted by Gasteiger charge is 2.53. The van der Waals surface area contributed by atoms with Gasteiger partial charge in [-0.1, -0.05) is 84.0 Å². The molecule has 0 aliphatic carbocycles. The Morgan fingerprint density at radius 2 is 1.82 bits per heavy atom. The molecule has 6 rings (SSSR count). The molecule has 12 heteroatoms. The number of thioether (sulfide) groups is 1. The molecule has 0 radical (unpaired) electrons. The monoisotopic (exact) mass is 623 g/mol. The molecule has 2 unspecified atom stereocenters. The number of nitrogens with zero attached hydrogens (tertiary/aromatic N) is 5. The number of rotatable bonds is 10. The van der Waals surface area contributed by atoms with Crippen molar-refractivity contribution in [1.82, 2.24) is 24.6 Å². The fraction of sp³-hybridized carbons (Fsp3) is 0.188. The summed E-state index contributed by atoms with van der Waals surface area (Å²) in [5, 5.41) is 6.55. The van der Waals surface area contributed by atoms with Crippen LogP contribution in [0.4, 0.5) is 5.13 Å². The number of carbonyl (C=O) groups is 2. The predicted octanol–water partition coefficient (Wildman–Crippen LogP) is 4.45. The van der Waals surface area contributed by atoms with Crippen LogP contribution in [0.3, 0.4) is 0 Å². The molecule has 0 bridgehead atoms. The quantitative estimate of drug-likeness (QED) is 0.150. The predicted molar refractivity (Wildman–Crippen MR) is 173 cm³/mol. The molecule has 0 spiro atoms. The van der Waals surface area contributed by atoms with Crippen LogP contribution in [0.25, 0.3) is 6.08 Å². The summed E-state index contributed by atoms with van der Waals surface area (Å²) in [6.07, 6.45) is 9.49. The summed E-state index contributed by atoms with van der Waals surface area (Å²) >= 11 is 2.59. The summed E-state index contributed by atoms with van der Waals surface area (Å²) in [5.41, 5.74) is 9.84. The minimum absolute atomic E-state index is 0.0290. The fourth-order valence-corrected chi connectivity index (χ4v) is 7.30. The van der Waals surface area contributed by atoms with E-state index in [1.54, 1.807) is 36.0 Å². The van der Waals surface area contributed by atoms with Crippen molar-refractivity contribution < 1.29 is 14.4 Å². The number of nitrogen functional groups attached to an aromatic ring is 1. The van der Waals surface area contributed by atoms with Crippen LogP contribution in [0.15, 0.2) is 108 Å². The molecule has 2 aromatic carbocycles. The van der Waals surface area contributed by atoms with Gasteiger partial charge >= 0.3 is 0 Å². The Morgan fingerprint density at radius 3 is 2.43 bits per heavy atom. The number of oxime groups is 1. The Kier molecular flexibility index (Phi) is 8.80. The van der Waals surface area contributed by atoms with Crippen LogP contribution in [0.2, 0.25) is 0 Å². The molecular weight excluding hydrogens is 595 g/mol. The second-order valence-corrected chi connectivity index (χ2v) is 12.1. The Morgan fingerprint density at radius 1 is 1.09 bits per heavy atom. The Balaban J connectivity index is 1.34. The smallest absolute Gasteiger partial charge is 0.278 e. The van der Waals surface area contributed by atoms with Crippen molar-refractivity contribution in [2.45, 2.75) is 29.5 Å². The molecule has 2 amide bonds. The van der Waals surface area contributed by atoms with E-state index in [4.69, 9.17) is 10.6 Å². The number of carbonyl (C=O) groups excluding carboxylic acids is 2. The van der Waals surface area contributed by atoms with Crippen LogP contribution in [0.1, 0.15) is 35.4 Å².